The molecule has 0 aromatic carbocycles. The summed E-state index contributed by atoms with van der Waals surface area (Å²) in [5.74, 6) is 0.398. The number of guanidine groups is 1. The summed E-state index contributed by atoms with van der Waals surface area (Å²) in [6, 6.07) is 0.295. The Balaban J connectivity index is 0.00000289. The highest BCUT2D eigenvalue weighted by molar-refractivity contribution is 5.82. The molecule has 2 fully saturated rings. The van der Waals surface area contributed by atoms with Crippen LogP contribution in [0.5, 0.6) is 0 Å². The number of unbranched alkanes of at least 4 members (excludes halogenated alkanes) is 2. The molecule has 15 heteroatoms. The maximum absolute atomic E-state index is 14.0. The molecule has 1 amide bonds. The Bertz CT molecular complexity index is 1150. The fourth-order valence-corrected chi connectivity index (χ4v) is 8.57. The topological polar surface area (TPSA) is 168 Å². The molecular weight excluding hydrogens is 707 g/mol. The quantitative estimate of drug-likeness (QED) is 0.0475. The van der Waals surface area contributed by atoms with Gasteiger partial charge in [0.2, 0.25) is 11.6 Å². The molecule has 290 valence electrons. The van der Waals surface area contributed by atoms with Crippen LogP contribution in [0, 0.1) is 5.92 Å². The van der Waals surface area contributed by atoms with Crippen LogP contribution in [0.1, 0.15) is 110 Å². The molecule has 0 bridgehead atoms. The van der Waals surface area contributed by atoms with Crippen LogP contribution in [0.25, 0.3) is 0 Å². The summed E-state index contributed by atoms with van der Waals surface area (Å²) < 4.78 is 21.9. The Labute approximate surface area is 317 Å². The Hall–Kier alpha value is -1.38. The number of quaternary nitrogens is 2. The van der Waals surface area contributed by atoms with Crippen LogP contribution < -0.4 is 59.3 Å². The van der Waals surface area contributed by atoms with E-state index in [1.807, 2.05) is 0 Å². The van der Waals surface area contributed by atoms with Gasteiger partial charge in [-0.1, -0.05) is 19.1 Å². The van der Waals surface area contributed by atoms with Crippen molar-refractivity contribution in [2.75, 3.05) is 32.8 Å². The number of aliphatic hydroxyl groups excluding tert-OH is 1. The van der Waals surface area contributed by atoms with Gasteiger partial charge in [-0.25, -0.2) is 10.6 Å². The third-order valence-corrected chi connectivity index (χ3v) is 10.9. The smallest absolute Gasteiger partial charge is 0.350 e. The summed E-state index contributed by atoms with van der Waals surface area (Å²) in [7, 11) is 0. The standard InChI is InChI=1S/C35H60N6O6.3ClH/c1-3-28-12-6-7-17-34(47-28)23-26-14-15-29-31(35(18-9-11-25(2)46-35)39-33(38-34)41(26)29)32(44)45-22-8-4-5-13-30(43)40(21-10-19-36)24-27(42)16-20-37;;;/h6,12,25-29,31,42H,3-5,7-11,13-24,36-37H2,1-2H3,(H,38,39);3*1H/t25-,26+,27+,28+,29-,31-,34+,35-;;;/m1.../s1. The number of halogens is 3. The lowest BCUT2D eigenvalue weighted by molar-refractivity contribution is -0.609. The van der Waals surface area contributed by atoms with Gasteiger partial charge < -0.3 is 72.9 Å². The molecule has 0 aliphatic carbocycles. The highest BCUT2D eigenvalue weighted by Gasteiger charge is 2.64. The molecule has 2 saturated heterocycles. The van der Waals surface area contributed by atoms with Gasteiger partial charge >= 0.3 is 11.9 Å². The molecule has 5 heterocycles. The van der Waals surface area contributed by atoms with Crippen LogP contribution in [0.2, 0.25) is 0 Å². The van der Waals surface area contributed by atoms with Gasteiger partial charge in [0.1, 0.15) is 0 Å². The normalized spacial score (nSPS) is 31.6. The monoisotopic (exact) mass is 768 g/mol. The van der Waals surface area contributed by atoms with Crippen molar-refractivity contribution < 1.29 is 82.2 Å². The summed E-state index contributed by atoms with van der Waals surface area (Å²) in [4.78, 5) is 28.7. The van der Waals surface area contributed by atoms with Gasteiger partial charge in [-0.15, -0.1) is 0 Å². The van der Waals surface area contributed by atoms with Crippen molar-refractivity contribution in [3.63, 3.8) is 0 Å². The van der Waals surface area contributed by atoms with Gasteiger partial charge in [-0.2, -0.15) is 0 Å². The zero-order valence-corrected chi connectivity index (χ0v) is 32.5. The summed E-state index contributed by atoms with van der Waals surface area (Å²) in [5, 5.41) is 17.8. The molecule has 5 aliphatic heterocycles. The van der Waals surface area contributed by atoms with E-state index < -0.39 is 23.5 Å². The molecule has 2 spiro atoms. The highest BCUT2D eigenvalue weighted by Crippen LogP contribution is 2.45. The van der Waals surface area contributed by atoms with E-state index in [4.69, 9.17) is 14.2 Å². The molecule has 0 radical (unpaired) electrons. The molecule has 12 nitrogen and oxygen atoms in total. The first-order valence-electron chi connectivity index (χ1n) is 18.7. The third-order valence-electron chi connectivity index (χ3n) is 10.9. The molecule has 5 aliphatic rings. The Morgan fingerprint density at radius 1 is 1.08 bits per heavy atom. The molecule has 0 saturated carbocycles. The van der Waals surface area contributed by atoms with Gasteiger partial charge in [0.25, 0.3) is 0 Å². The van der Waals surface area contributed by atoms with Gasteiger partial charge in [-0.05, 0) is 64.7 Å². The molecule has 8 atom stereocenters. The lowest BCUT2D eigenvalue weighted by Crippen LogP contribution is -3.00. The van der Waals surface area contributed by atoms with Crippen molar-refractivity contribution in [1.29, 1.82) is 0 Å². The second-order valence-electron chi connectivity index (χ2n) is 14.5. The van der Waals surface area contributed by atoms with Crippen LogP contribution in [-0.2, 0) is 23.8 Å². The Morgan fingerprint density at radius 2 is 1.88 bits per heavy atom. The van der Waals surface area contributed by atoms with Gasteiger partial charge in [0, 0.05) is 51.6 Å². The summed E-state index contributed by atoms with van der Waals surface area (Å²) in [6.45, 7) is 6.96. The minimum atomic E-state index is -0.818. The number of hydrogen-bond acceptors (Lipinski definition) is 8. The number of hydrogen-bond donors (Lipinski definition) is 5. The fourth-order valence-electron chi connectivity index (χ4n) is 8.57. The molecule has 0 unspecified atom stereocenters. The van der Waals surface area contributed by atoms with Crippen molar-refractivity contribution in [3.05, 3.63) is 12.2 Å². The van der Waals surface area contributed by atoms with E-state index in [1.54, 1.807) is 4.90 Å². The molecule has 0 aromatic heterocycles. The van der Waals surface area contributed by atoms with E-state index >= 15 is 0 Å². The van der Waals surface area contributed by atoms with Crippen molar-refractivity contribution >= 4 is 17.8 Å². The minimum Gasteiger partial charge on any atom is -1.00 e. The molecule has 5 rings (SSSR count). The lowest BCUT2D eigenvalue weighted by atomic mass is 9.80. The van der Waals surface area contributed by atoms with Crippen LogP contribution >= 0.6 is 0 Å². The van der Waals surface area contributed by atoms with Crippen molar-refractivity contribution in [2.45, 2.75) is 152 Å². The van der Waals surface area contributed by atoms with Crippen molar-refractivity contribution in [2.24, 2.45) is 5.92 Å². The van der Waals surface area contributed by atoms with E-state index in [0.717, 1.165) is 89.6 Å². The largest absolute Gasteiger partial charge is 1.00 e. The summed E-state index contributed by atoms with van der Waals surface area (Å²) in [5.41, 5.74) is 6.44. The average Bonchev–Trinajstić information content (AvgIpc) is 3.34. The van der Waals surface area contributed by atoms with Gasteiger partial charge in [0.05, 0.1) is 50.1 Å². The number of esters is 1. The zero-order valence-electron chi connectivity index (χ0n) is 30.2. The van der Waals surface area contributed by atoms with Gasteiger partial charge in [0.15, 0.2) is 11.6 Å². The minimum absolute atomic E-state index is 0. The van der Waals surface area contributed by atoms with E-state index in [-0.39, 0.29) is 67.3 Å². The number of carbonyl (C=O) groups is 2. The van der Waals surface area contributed by atoms with Crippen LogP contribution in [-0.4, -0.2) is 107 Å². The van der Waals surface area contributed by atoms with Crippen LogP contribution in [0.15, 0.2) is 12.2 Å². The second kappa shape index (κ2) is 20.8. The van der Waals surface area contributed by atoms with E-state index in [9.17, 15) is 14.7 Å². The molecule has 0 aromatic rings. The fraction of sp³-hybridized carbons (Fsp3) is 0.857. The van der Waals surface area contributed by atoms with Crippen LogP contribution in [0.4, 0.5) is 0 Å². The number of nitrogens with zero attached hydrogens (tertiary/aromatic N) is 2. The number of carbonyl (C=O) groups excluding carboxylic acids is 2. The number of rotatable bonds is 15. The molecule has 9 N–H and O–H groups in total. The van der Waals surface area contributed by atoms with Crippen molar-refractivity contribution in [1.82, 2.24) is 15.5 Å². The Morgan fingerprint density at radius 3 is 2.60 bits per heavy atom. The van der Waals surface area contributed by atoms with Crippen molar-refractivity contribution in [3.8, 4) is 0 Å². The van der Waals surface area contributed by atoms with Crippen LogP contribution in [0.3, 0.4) is 0 Å². The highest BCUT2D eigenvalue weighted by atomic mass is 35.5. The predicted octanol–water partition coefficient (Wildman–Crippen LogP) is -8.21. The third kappa shape index (κ3) is 10.6. The first-order valence-corrected chi connectivity index (χ1v) is 18.7. The number of ether oxygens (including phenoxy) is 3. The number of nitrogens with one attached hydrogen (secondary N) is 2. The zero-order chi connectivity index (χ0) is 33.4. The van der Waals surface area contributed by atoms with E-state index in [2.05, 4.69) is 52.7 Å². The molecule has 50 heavy (non-hydrogen) atoms. The lowest BCUT2D eigenvalue weighted by Gasteiger charge is -2.50. The summed E-state index contributed by atoms with van der Waals surface area (Å²) >= 11 is 0. The predicted molar refractivity (Wildman–Crippen MR) is 177 cm³/mol. The number of amides is 1. The number of aliphatic hydroxyl groups is 1. The molecular formula is C35H63Cl3N6O6. The Kier molecular flexibility index (Phi) is 18.6. The first-order chi connectivity index (χ1) is 22.7. The van der Waals surface area contributed by atoms with Gasteiger partial charge in [-0.3, -0.25) is 14.2 Å². The maximum atomic E-state index is 14.0. The maximum Gasteiger partial charge on any atom is 0.350 e. The SMILES string of the molecule is CC[C@H]1C=CCC[C@@]2(C[C@@H]3CC[C@@H]4[C@H](C(=O)OCCCCCC(=O)N(CCC[NH3+])C[C@@H](O)CC[NH3+])[C@]5(CCC[C@@H](C)O5)NC(=[N+]34)N2)O1.[Cl-].[Cl-].[Cl-]. The summed E-state index contributed by atoms with van der Waals surface area (Å²) in [6.07, 6.45) is 16.4. The first kappa shape index (κ1) is 44.8. The van der Waals surface area contributed by atoms with E-state index in [0.29, 0.717) is 51.5 Å². The van der Waals surface area contributed by atoms with E-state index in [1.165, 1.54) is 0 Å². The second-order valence-corrected chi connectivity index (χ2v) is 14.5. The number of allylic oxidation sites excluding steroid dienone is 1. The average molecular weight is 770 g/mol.